The third kappa shape index (κ3) is 8.88. The Kier molecular flexibility index (Phi) is 10.6. The van der Waals surface area contributed by atoms with Gasteiger partial charge in [-0.2, -0.15) is 0 Å². The van der Waals surface area contributed by atoms with E-state index in [1.165, 1.54) is 30.3 Å². The Labute approximate surface area is 255 Å². The van der Waals surface area contributed by atoms with Crippen molar-refractivity contribution in [2.45, 2.75) is 62.6 Å². The monoisotopic (exact) mass is 631 g/mol. The molecular weight excluding hydrogens is 597 g/mol. The first-order chi connectivity index (χ1) is 20.4. The fraction of sp³-hybridized carbons (Fsp3) is 0.367. The largest absolute Gasteiger partial charge is 0.437 e. The molecule has 2 unspecified atom stereocenters. The van der Waals surface area contributed by atoms with Crippen molar-refractivity contribution >= 4 is 39.1 Å². The average Bonchev–Trinajstić information content (AvgIpc) is 2.95. The van der Waals surface area contributed by atoms with E-state index in [9.17, 15) is 22.4 Å². The van der Waals surface area contributed by atoms with Crippen LogP contribution in [-0.4, -0.2) is 55.1 Å². The number of piperidine rings is 1. The van der Waals surface area contributed by atoms with Crippen molar-refractivity contribution in [2.24, 2.45) is 5.73 Å². The highest BCUT2D eigenvalue weighted by atomic mass is 35.5. The summed E-state index contributed by atoms with van der Waals surface area (Å²) in [7, 11) is -3.38. The standard InChI is InChI=1S/C30H35ClFN5O5S/c1-3-4-5-22-14-21(36-30(39)35-20-7-9-26(32)24(15-20)29(33)38)12-13-37(22)18-19-6-11-28(34-17-19)42-27-10-8-23(16-25(27)31)43(2,40)41/h6-11,15-17,21-22H,3-5,12-14,18H2,1-2H3,(H2,33,38)(H2,35,36,39). The summed E-state index contributed by atoms with van der Waals surface area (Å²) >= 11 is 6.23. The topological polar surface area (TPSA) is 144 Å². The van der Waals surface area contributed by atoms with Crippen LogP contribution in [0.15, 0.2) is 59.6 Å². The van der Waals surface area contributed by atoms with Gasteiger partial charge in [0, 0.05) is 49.4 Å². The van der Waals surface area contributed by atoms with Gasteiger partial charge in [-0.15, -0.1) is 0 Å². The van der Waals surface area contributed by atoms with Gasteiger partial charge in [0.15, 0.2) is 9.84 Å². The van der Waals surface area contributed by atoms with Gasteiger partial charge < -0.3 is 21.1 Å². The Bertz CT molecular complexity index is 1570. The van der Waals surface area contributed by atoms with Gasteiger partial charge in [0.05, 0.1) is 15.5 Å². The van der Waals surface area contributed by atoms with Crippen LogP contribution in [0.2, 0.25) is 5.02 Å². The molecular formula is C30H35ClFN5O5S. The Morgan fingerprint density at radius 1 is 1.19 bits per heavy atom. The van der Waals surface area contributed by atoms with Crippen molar-refractivity contribution in [3.8, 4) is 11.6 Å². The summed E-state index contributed by atoms with van der Waals surface area (Å²) in [6, 6.07) is 11.4. The molecule has 1 aliphatic rings. The van der Waals surface area contributed by atoms with Gasteiger partial charge in [0.1, 0.15) is 11.6 Å². The molecule has 2 aromatic carbocycles. The number of pyridine rings is 1. The summed E-state index contributed by atoms with van der Waals surface area (Å²) in [5.74, 6) is -1.01. The number of amides is 3. The van der Waals surface area contributed by atoms with Gasteiger partial charge in [0.25, 0.3) is 5.91 Å². The molecule has 1 fully saturated rings. The van der Waals surface area contributed by atoms with E-state index in [4.69, 9.17) is 22.1 Å². The molecule has 0 aliphatic carbocycles. The minimum Gasteiger partial charge on any atom is -0.437 e. The first kappa shape index (κ1) is 32.2. The second kappa shape index (κ2) is 14.2. The van der Waals surface area contributed by atoms with Gasteiger partial charge in [-0.1, -0.05) is 37.4 Å². The fourth-order valence-corrected chi connectivity index (χ4v) is 5.96. The van der Waals surface area contributed by atoms with E-state index >= 15 is 0 Å². The summed E-state index contributed by atoms with van der Waals surface area (Å²) in [6.07, 6.45) is 7.44. The number of urea groups is 1. The number of aromatic nitrogens is 1. The first-order valence-corrected chi connectivity index (χ1v) is 16.2. The summed E-state index contributed by atoms with van der Waals surface area (Å²) in [4.78, 5) is 31.0. The molecule has 4 N–H and O–H groups in total. The van der Waals surface area contributed by atoms with Crippen molar-refractivity contribution < 1.29 is 27.1 Å². The molecule has 1 aliphatic heterocycles. The van der Waals surface area contributed by atoms with Crippen LogP contribution < -0.4 is 21.1 Å². The Morgan fingerprint density at radius 2 is 1.98 bits per heavy atom. The number of carbonyl (C=O) groups excluding carboxylic acids is 2. The molecule has 1 saturated heterocycles. The van der Waals surface area contributed by atoms with E-state index in [1.54, 1.807) is 12.3 Å². The van der Waals surface area contributed by atoms with Crippen LogP contribution in [0, 0.1) is 5.82 Å². The van der Waals surface area contributed by atoms with E-state index in [-0.39, 0.29) is 33.3 Å². The van der Waals surface area contributed by atoms with E-state index in [2.05, 4.69) is 27.4 Å². The number of likely N-dealkylation sites (tertiary alicyclic amines) is 1. The smallest absolute Gasteiger partial charge is 0.319 e. The summed E-state index contributed by atoms with van der Waals surface area (Å²) < 4.78 is 43.0. The van der Waals surface area contributed by atoms with Crippen LogP contribution in [0.1, 0.15) is 54.9 Å². The van der Waals surface area contributed by atoms with E-state index in [0.717, 1.165) is 56.5 Å². The normalized spacial score (nSPS) is 17.3. The number of primary amides is 1. The van der Waals surface area contributed by atoms with Crippen LogP contribution in [0.3, 0.4) is 0 Å². The number of nitrogens with one attached hydrogen (secondary N) is 2. The molecule has 43 heavy (non-hydrogen) atoms. The van der Waals surface area contributed by atoms with E-state index in [0.29, 0.717) is 18.2 Å². The number of hydrogen-bond acceptors (Lipinski definition) is 7. The highest BCUT2D eigenvalue weighted by molar-refractivity contribution is 7.90. The van der Waals surface area contributed by atoms with E-state index < -0.39 is 27.6 Å². The SMILES string of the molecule is CCCCC1CC(NC(=O)Nc2ccc(F)c(C(N)=O)c2)CCN1Cc1ccc(Oc2ccc(S(C)(=O)=O)cc2Cl)nc1. The molecule has 3 amide bonds. The first-order valence-electron chi connectivity index (χ1n) is 14.0. The maximum absolute atomic E-state index is 13.8. The van der Waals surface area contributed by atoms with Gasteiger partial charge in [-0.25, -0.2) is 22.6 Å². The molecule has 2 atom stereocenters. The number of anilines is 1. The molecule has 10 nitrogen and oxygen atoms in total. The lowest BCUT2D eigenvalue weighted by Crippen LogP contribution is -2.50. The molecule has 230 valence electrons. The highest BCUT2D eigenvalue weighted by Gasteiger charge is 2.29. The molecule has 4 rings (SSSR count). The second-order valence-corrected chi connectivity index (χ2v) is 13.0. The summed E-state index contributed by atoms with van der Waals surface area (Å²) in [5.41, 5.74) is 6.20. The van der Waals surface area contributed by atoms with Crippen molar-refractivity contribution in [3.63, 3.8) is 0 Å². The zero-order valence-electron chi connectivity index (χ0n) is 24.0. The molecule has 1 aromatic heterocycles. The van der Waals surface area contributed by atoms with Crippen molar-refractivity contribution in [1.82, 2.24) is 15.2 Å². The zero-order chi connectivity index (χ0) is 31.1. The number of carbonyl (C=O) groups is 2. The maximum atomic E-state index is 13.8. The van der Waals surface area contributed by atoms with Crippen LogP contribution in [0.25, 0.3) is 0 Å². The molecule has 0 saturated carbocycles. The summed E-state index contributed by atoms with van der Waals surface area (Å²) in [5, 5.41) is 5.84. The van der Waals surface area contributed by atoms with Crippen molar-refractivity contribution in [2.75, 3.05) is 18.1 Å². The number of halogens is 2. The predicted octanol–water partition coefficient (Wildman–Crippen LogP) is 5.51. The zero-order valence-corrected chi connectivity index (χ0v) is 25.6. The number of nitrogens with zero attached hydrogens (tertiary/aromatic N) is 2. The van der Waals surface area contributed by atoms with Gasteiger partial charge in [-0.05, 0) is 61.2 Å². The lowest BCUT2D eigenvalue weighted by atomic mass is 9.93. The fourth-order valence-electron chi connectivity index (χ4n) is 5.03. The Balaban J connectivity index is 1.35. The minimum atomic E-state index is -3.38. The number of hydrogen-bond donors (Lipinski definition) is 3. The number of ether oxygens (including phenoxy) is 1. The third-order valence-electron chi connectivity index (χ3n) is 7.28. The van der Waals surface area contributed by atoms with Crippen molar-refractivity contribution in [1.29, 1.82) is 0 Å². The molecule has 0 spiro atoms. The van der Waals surface area contributed by atoms with Gasteiger partial charge in [0.2, 0.25) is 5.88 Å². The molecule has 13 heteroatoms. The number of nitrogens with two attached hydrogens (primary N) is 1. The molecule has 2 heterocycles. The van der Waals surface area contributed by atoms with Crippen molar-refractivity contribution in [3.05, 3.63) is 76.7 Å². The Morgan fingerprint density at radius 3 is 2.63 bits per heavy atom. The number of benzene rings is 2. The molecule has 3 aromatic rings. The van der Waals surface area contributed by atoms with Crippen LogP contribution in [-0.2, 0) is 16.4 Å². The second-order valence-electron chi connectivity index (χ2n) is 10.6. The molecule has 0 radical (unpaired) electrons. The highest BCUT2D eigenvalue weighted by Crippen LogP contribution is 2.31. The minimum absolute atomic E-state index is 0.0538. The summed E-state index contributed by atoms with van der Waals surface area (Å²) in [6.45, 7) is 3.58. The number of unbranched alkanes of at least 4 members (excludes halogenated alkanes) is 1. The average molecular weight is 632 g/mol. The van der Waals surface area contributed by atoms with Crippen LogP contribution in [0.5, 0.6) is 11.6 Å². The number of sulfone groups is 1. The number of rotatable bonds is 11. The maximum Gasteiger partial charge on any atom is 0.319 e. The molecule has 0 bridgehead atoms. The lowest BCUT2D eigenvalue weighted by Gasteiger charge is -2.40. The van der Waals surface area contributed by atoms with Crippen LogP contribution >= 0.6 is 11.6 Å². The lowest BCUT2D eigenvalue weighted by molar-refractivity contribution is 0.0996. The van der Waals surface area contributed by atoms with Gasteiger partial charge in [-0.3, -0.25) is 9.69 Å². The van der Waals surface area contributed by atoms with E-state index in [1.807, 2.05) is 6.07 Å². The Hall–Kier alpha value is -3.74. The predicted molar refractivity (Wildman–Crippen MR) is 163 cm³/mol. The van der Waals surface area contributed by atoms with Gasteiger partial charge >= 0.3 is 6.03 Å². The van der Waals surface area contributed by atoms with Crippen LogP contribution in [0.4, 0.5) is 14.9 Å². The third-order valence-corrected chi connectivity index (χ3v) is 8.69. The quantitative estimate of drug-likeness (QED) is 0.253.